The average Bonchev–Trinajstić information content (AvgIpc) is 1.94. The summed E-state index contributed by atoms with van der Waals surface area (Å²) in [5.74, 6) is 0.425. The van der Waals surface area contributed by atoms with Gasteiger partial charge in [0.25, 0.3) is 0 Å². The Bertz CT molecular complexity index is 237. The highest BCUT2D eigenvalue weighted by Gasteiger charge is 1.99. The highest BCUT2D eigenvalue weighted by Crippen LogP contribution is 2.20. The molecule has 0 saturated heterocycles. The molecule has 0 fully saturated rings. The molecule has 1 rings (SSSR count). The fourth-order valence-electron chi connectivity index (χ4n) is 0.605. The van der Waals surface area contributed by atoms with Gasteiger partial charge in [0.1, 0.15) is 5.02 Å². The average molecular weight is 157 g/mol. The molecule has 1 aromatic rings. The molecule has 0 aromatic carbocycles. The van der Waals surface area contributed by atoms with Gasteiger partial charge in [0.2, 0.25) is 5.88 Å². The molecule has 0 N–H and O–H groups in total. The maximum Gasteiger partial charge on any atom is 0.232 e. The molecular weight excluding hydrogens is 150 g/mol. The lowest BCUT2D eigenvalue weighted by Crippen LogP contribution is -1.89. The van der Waals surface area contributed by atoms with E-state index in [1.807, 2.05) is 0 Å². The third-order valence-electron chi connectivity index (χ3n) is 1.06. The van der Waals surface area contributed by atoms with Crippen LogP contribution in [0.1, 0.15) is 5.69 Å². The van der Waals surface area contributed by atoms with Crippen LogP contribution in [0.3, 0.4) is 0 Å². The summed E-state index contributed by atoms with van der Waals surface area (Å²) in [4.78, 5) is 3.93. The number of methoxy groups -OCH3 is 1. The molecule has 0 bridgehead atoms. The zero-order chi connectivity index (χ0) is 7.56. The van der Waals surface area contributed by atoms with Crippen LogP contribution in [0.2, 0.25) is 5.02 Å². The smallest absolute Gasteiger partial charge is 0.232 e. The highest BCUT2D eigenvalue weighted by atomic mass is 35.5. The lowest BCUT2D eigenvalue weighted by Gasteiger charge is -2.00. The number of ether oxygens (including phenoxy) is 1. The largest absolute Gasteiger partial charge is 0.480 e. The van der Waals surface area contributed by atoms with Gasteiger partial charge in [0, 0.05) is 5.69 Å². The molecule has 1 aromatic heterocycles. The molecule has 0 amide bonds. The van der Waals surface area contributed by atoms with E-state index in [0.29, 0.717) is 16.6 Å². The van der Waals surface area contributed by atoms with Gasteiger partial charge in [0.05, 0.1) is 7.11 Å². The SMILES string of the molecule is [CH2]c1ccc(Cl)c(OC)n1. The zero-order valence-corrected chi connectivity index (χ0v) is 6.35. The number of pyridine rings is 1. The van der Waals surface area contributed by atoms with E-state index in [9.17, 15) is 0 Å². The molecule has 0 atom stereocenters. The predicted molar refractivity (Wildman–Crippen MR) is 40.3 cm³/mol. The van der Waals surface area contributed by atoms with Gasteiger partial charge in [-0.3, -0.25) is 0 Å². The predicted octanol–water partition coefficient (Wildman–Crippen LogP) is 1.93. The van der Waals surface area contributed by atoms with Crippen molar-refractivity contribution in [2.75, 3.05) is 7.11 Å². The van der Waals surface area contributed by atoms with E-state index in [2.05, 4.69) is 11.9 Å². The Kier molecular flexibility index (Phi) is 2.12. The van der Waals surface area contributed by atoms with Crippen LogP contribution in [0.4, 0.5) is 0 Å². The summed E-state index contributed by atoms with van der Waals surface area (Å²) in [6.07, 6.45) is 0. The van der Waals surface area contributed by atoms with Crippen LogP contribution in [0, 0.1) is 6.92 Å². The van der Waals surface area contributed by atoms with Gasteiger partial charge >= 0.3 is 0 Å². The molecule has 3 heteroatoms. The number of hydrogen-bond acceptors (Lipinski definition) is 2. The van der Waals surface area contributed by atoms with Crippen molar-refractivity contribution in [3.8, 4) is 5.88 Å². The molecule has 0 aliphatic heterocycles. The van der Waals surface area contributed by atoms with Crippen molar-refractivity contribution in [2.45, 2.75) is 0 Å². The van der Waals surface area contributed by atoms with E-state index in [0.717, 1.165) is 0 Å². The maximum absolute atomic E-state index is 5.68. The minimum Gasteiger partial charge on any atom is -0.480 e. The molecule has 53 valence electrons. The normalized spacial score (nSPS) is 9.50. The Morgan fingerprint density at radius 2 is 2.30 bits per heavy atom. The summed E-state index contributed by atoms with van der Waals surface area (Å²) in [6.45, 7) is 3.62. The van der Waals surface area contributed by atoms with Crippen LogP contribution in [-0.4, -0.2) is 12.1 Å². The quantitative estimate of drug-likeness (QED) is 0.620. The van der Waals surface area contributed by atoms with Crippen molar-refractivity contribution in [3.63, 3.8) is 0 Å². The van der Waals surface area contributed by atoms with Crippen LogP contribution in [-0.2, 0) is 0 Å². The van der Waals surface area contributed by atoms with Crippen molar-refractivity contribution >= 4 is 11.6 Å². The second-order valence-electron chi connectivity index (χ2n) is 1.79. The van der Waals surface area contributed by atoms with Crippen LogP contribution < -0.4 is 4.74 Å². The first-order chi connectivity index (χ1) is 4.74. The van der Waals surface area contributed by atoms with Crippen molar-refractivity contribution in [2.24, 2.45) is 0 Å². The number of halogens is 1. The van der Waals surface area contributed by atoms with E-state index in [1.54, 1.807) is 12.1 Å². The van der Waals surface area contributed by atoms with Crippen molar-refractivity contribution in [3.05, 3.63) is 29.8 Å². The molecule has 0 unspecified atom stereocenters. The number of aromatic nitrogens is 1. The van der Waals surface area contributed by atoms with Crippen molar-refractivity contribution in [1.29, 1.82) is 0 Å². The van der Waals surface area contributed by atoms with Crippen LogP contribution in [0.25, 0.3) is 0 Å². The Hall–Kier alpha value is -0.760. The molecule has 1 radical (unpaired) electrons. The molecule has 10 heavy (non-hydrogen) atoms. The zero-order valence-electron chi connectivity index (χ0n) is 5.60. The fourth-order valence-corrected chi connectivity index (χ4v) is 0.787. The first-order valence-electron chi connectivity index (χ1n) is 2.76. The lowest BCUT2D eigenvalue weighted by molar-refractivity contribution is 0.397. The maximum atomic E-state index is 5.68. The third-order valence-corrected chi connectivity index (χ3v) is 1.35. The van der Waals surface area contributed by atoms with E-state index in [1.165, 1.54) is 7.11 Å². The first kappa shape index (κ1) is 7.35. The van der Waals surface area contributed by atoms with Crippen LogP contribution in [0.5, 0.6) is 5.88 Å². The lowest BCUT2D eigenvalue weighted by atomic mass is 10.4. The summed E-state index contributed by atoms with van der Waals surface area (Å²) in [5, 5.41) is 0.509. The monoisotopic (exact) mass is 156 g/mol. The Morgan fingerprint density at radius 3 is 2.80 bits per heavy atom. The third kappa shape index (κ3) is 1.39. The van der Waals surface area contributed by atoms with Crippen LogP contribution >= 0.6 is 11.6 Å². The Balaban J connectivity index is 3.09. The van der Waals surface area contributed by atoms with Gasteiger partial charge in [-0.15, -0.1) is 0 Å². The Labute approximate surface area is 64.8 Å². The van der Waals surface area contributed by atoms with Gasteiger partial charge in [-0.25, -0.2) is 4.98 Å². The number of hydrogen-bond donors (Lipinski definition) is 0. The standard InChI is InChI=1S/C7H7ClNO/c1-5-3-4-6(8)7(9-5)10-2/h3-4H,1H2,2H3. The second-order valence-corrected chi connectivity index (χ2v) is 2.20. The summed E-state index contributed by atoms with van der Waals surface area (Å²) in [7, 11) is 1.52. The molecule has 0 aliphatic carbocycles. The molecule has 1 heterocycles. The highest BCUT2D eigenvalue weighted by molar-refractivity contribution is 6.31. The molecule has 0 saturated carbocycles. The van der Waals surface area contributed by atoms with Gasteiger partial charge < -0.3 is 4.74 Å². The minimum atomic E-state index is 0.425. The summed E-state index contributed by atoms with van der Waals surface area (Å²) in [6, 6.07) is 3.43. The second kappa shape index (κ2) is 2.88. The molecule has 0 aliphatic rings. The van der Waals surface area contributed by atoms with E-state index >= 15 is 0 Å². The minimum absolute atomic E-state index is 0.425. The first-order valence-corrected chi connectivity index (χ1v) is 3.14. The van der Waals surface area contributed by atoms with Crippen molar-refractivity contribution < 1.29 is 4.74 Å². The summed E-state index contributed by atoms with van der Waals surface area (Å²) >= 11 is 5.68. The van der Waals surface area contributed by atoms with Gasteiger partial charge in [-0.1, -0.05) is 11.6 Å². The van der Waals surface area contributed by atoms with Gasteiger partial charge in [0.15, 0.2) is 0 Å². The molecule has 2 nitrogen and oxygen atoms in total. The molecule has 0 spiro atoms. The summed E-state index contributed by atoms with van der Waals surface area (Å²) < 4.78 is 4.84. The van der Waals surface area contributed by atoms with Crippen molar-refractivity contribution in [1.82, 2.24) is 4.98 Å². The van der Waals surface area contributed by atoms with E-state index < -0.39 is 0 Å². The number of nitrogens with zero attached hydrogens (tertiary/aromatic N) is 1. The van der Waals surface area contributed by atoms with Gasteiger partial charge in [-0.2, -0.15) is 0 Å². The van der Waals surface area contributed by atoms with Crippen LogP contribution in [0.15, 0.2) is 12.1 Å². The molecular formula is C7H7ClNO. The fraction of sp³-hybridized carbons (Fsp3) is 0.143. The van der Waals surface area contributed by atoms with Gasteiger partial charge in [-0.05, 0) is 19.1 Å². The van der Waals surface area contributed by atoms with E-state index in [-0.39, 0.29) is 0 Å². The Morgan fingerprint density at radius 1 is 1.60 bits per heavy atom. The topological polar surface area (TPSA) is 22.1 Å². The van der Waals surface area contributed by atoms with E-state index in [4.69, 9.17) is 16.3 Å². The number of rotatable bonds is 1. The summed E-state index contributed by atoms with van der Waals surface area (Å²) in [5.41, 5.74) is 0.654.